The number of ether oxygens (including phenoxy) is 1. The normalized spacial score (nSPS) is 16.6. The zero-order valence-corrected chi connectivity index (χ0v) is 18.5. The first-order chi connectivity index (χ1) is 13.9. The number of halogens is 2. The number of thiazole rings is 1. The molecule has 2 aromatic heterocycles. The van der Waals surface area contributed by atoms with E-state index in [9.17, 15) is 9.59 Å². The van der Waals surface area contributed by atoms with Gasteiger partial charge in [-0.15, -0.1) is 11.3 Å². The zero-order chi connectivity index (χ0) is 20.7. The molecule has 1 aromatic carbocycles. The maximum Gasteiger partial charge on any atom is 0.338 e. The van der Waals surface area contributed by atoms with Crippen LogP contribution in [0.3, 0.4) is 0 Å². The molecule has 1 atom stereocenters. The van der Waals surface area contributed by atoms with Crippen LogP contribution < -0.4 is 14.9 Å². The summed E-state index contributed by atoms with van der Waals surface area (Å²) in [5, 5.41) is 2.80. The van der Waals surface area contributed by atoms with Crippen LogP contribution in [0.15, 0.2) is 56.8 Å². The van der Waals surface area contributed by atoms with E-state index in [-0.39, 0.29) is 5.56 Å². The van der Waals surface area contributed by atoms with Gasteiger partial charge in [0.05, 0.1) is 22.9 Å². The predicted octanol–water partition coefficient (Wildman–Crippen LogP) is 3.78. The first-order valence-electron chi connectivity index (χ1n) is 8.50. The molecule has 1 aliphatic heterocycles. The van der Waals surface area contributed by atoms with Crippen molar-refractivity contribution in [1.82, 2.24) is 4.57 Å². The largest absolute Gasteiger partial charge is 0.466 e. The van der Waals surface area contributed by atoms with Crippen molar-refractivity contribution in [2.24, 2.45) is 4.99 Å². The van der Waals surface area contributed by atoms with Crippen molar-refractivity contribution in [3.63, 3.8) is 0 Å². The van der Waals surface area contributed by atoms with Crippen LogP contribution in [0.2, 0.25) is 10.0 Å². The molecule has 0 aliphatic carbocycles. The molecule has 29 heavy (non-hydrogen) atoms. The number of benzene rings is 1. The van der Waals surface area contributed by atoms with E-state index in [1.54, 1.807) is 31.2 Å². The van der Waals surface area contributed by atoms with Crippen molar-refractivity contribution in [1.29, 1.82) is 0 Å². The van der Waals surface area contributed by atoms with E-state index in [4.69, 9.17) is 27.9 Å². The lowest BCUT2D eigenvalue weighted by Crippen LogP contribution is -2.39. The van der Waals surface area contributed by atoms with Gasteiger partial charge in [-0.05, 0) is 36.6 Å². The van der Waals surface area contributed by atoms with Crippen molar-refractivity contribution in [3.05, 3.63) is 87.2 Å². The maximum absolute atomic E-state index is 13.3. The molecule has 4 rings (SSSR count). The minimum atomic E-state index is -0.595. The molecule has 1 aliphatic rings. The van der Waals surface area contributed by atoms with Crippen molar-refractivity contribution < 1.29 is 9.53 Å². The summed E-state index contributed by atoms with van der Waals surface area (Å²) in [6.45, 7) is 1.74. The Bertz CT molecular complexity index is 1300. The van der Waals surface area contributed by atoms with Crippen LogP contribution >= 0.6 is 45.9 Å². The lowest BCUT2D eigenvalue weighted by Gasteiger charge is -2.22. The van der Waals surface area contributed by atoms with Crippen molar-refractivity contribution >= 4 is 57.9 Å². The van der Waals surface area contributed by atoms with E-state index in [2.05, 4.69) is 4.99 Å². The summed E-state index contributed by atoms with van der Waals surface area (Å²) in [5.41, 5.74) is 1.18. The Balaban J connectivity index is 2.00. The van der Waals surface area contributed by atoms with E-state index in [1.807, 2.05) is 17.5 Å². The van der Waals surface area contributed by atoms with Crippen molar-refractivity contribution in [3.8, 4) is 0 Å². The van der Waals surface area contributed by atoms with Gasteiger partial charge in [-0.3, -0.25) is 9.36 Å². The predicted molar refractivity (Wildman–Crippen MR) is 117 cm³/mol. The minimum absolute atomic E-state index is 0.267. The molecule has 9 heteroatoms. The Morgan fingerprint density at radius 2 is 1.97 bits per heavy atom. The number of nitrogens with zero attached hydrogens (tertiary/aromatic N) is 2. The summed E-state index contributed by atoms with van der Waals surface area (Å²) < 4.78 is 6.93. The van der Waals surface area contributed by atoms with Crippen molar-refractivity contribution in [2.75, 3.05) is 7.11 Å². The second-order valence-electron chi connectivity index (χ2n) is 6.22. The fourth-order valence-electron chi connectivity index (χ4n) is 3.19. The number of rotatable bonds is 3. The molecule has 0 saturated carbocycles. The highest BCUT2D eigenvalue weighted by Gasteiger charge is 2.33. The van der Waals surface area contributed by atoms with Gasteiger partial charge in [0.15, 0.2) is 4.80 Å². The van der Waals surface area contributed by atoms with E-state index >= 15 is 0 Å². The third kappa shape index (κ3) is 3.48. The Labute approximate surface area is 183 Å². The summed E-state index contributed by atoms with van der Waals surface area (Å²) in [7, 11) is 1.32. The van der Waals surface area contributed by atoms with E-state index in [1.165, 1.54) is 34.4 Å². The maximum atomic E-state index is 13.3. The summed E-state index contributed by atoms with van der Waals surface area (Å²) in [4.78, 5) is 31.7. The van der Waals surface area contributed by atoms with E-state index < -0.39 is 12.0 Å². The van der Waals surface area contributed by atoms with Crippen LogP contribution in [0, 0.1) is 0 Å². The standard InChI is InChI=1S/C20H14Cl2N2O3S2/c1-10-16(19(26)27-2)17(14-7-4-8-28-14)24-18(25)15(29-20(24)23-10)9-11-12(21)5-3-6-13(11)22/h3-9,17H,1-2H3/b15-9-/t17-/m0/s1. The molecule has 0 radical (unpaired) electrons. The van der Waals surface area contributed by atoms with Crippen LogP contribution in [-0.4, -0.2) is 17.6 Å². The van der Waals surface area contributed by atoms with Gasteiger partial charge in [-0.25, -0.2) is 9.79 Å². The van der Waals surface area contributed by atoms with Gasteiger partial charge in [-0.2, -0.15) is 0 Å². The quantitative estimate of drug-likeness (QED) is 0.554. The summed E-state index contributed by atoms with van der Waals surface area (Å²) in [6.07, 6.45) is 1.66. The summed E-state index contributed by atoms with van der Waals surface area (Å²) in [5.74, 6) is -0.506. The molecule has 0 saturated heterocycles. The molecule has 0 N–H and O–H groups in total. The van der Waals surface area contributed by atoms with Gasteiger partial charge in [0.1, 0.15) is 6.04 Å². The third-order valence-electron chi connectivity index (χ3n) is 4.51. The van der Waals surface area contributed by atoms with E-state index in [0.29, 0.717) is 36.2 Å². The second-order valence-corrected chi connectivity index (χ2v) is 9.03. The van der Waals surface area contributed by atoms with E-state index in [0.717, 1.165) is 4.88 Å². The number of carbonyl (C=O) groups is 1. The molecule has 3 heterocycles. The zero-order valence-electron chi connectivity index (χ0n) is 15.3. The first kappa shape index (κ1) is 20.1. The van der Waals surface area contributed by atoms with Gasteiger partial charge in [-0.1, -0.05) is 46.7 Å². The number of hydrogen-bond donors (Lipinski definition) is 0. The SMILES string of the molecule is COC(=O)C1=C(C)N=c2s/c(=C\c3c(Cl)cccc3Cl)c(=O)n2[C@H]1c1cccs1. The number of thiophene rings is 1. The number of carbonyl (C=O) groups excluding carboxylic acids is 1. The number of fused-ring (bicyclic) bond motifs is 1. The third-order valence-corrected chi connectivity index (χ3v) is 7.08. The fourth-order valence-corrected chi connectivity index (χ4v) is 5.55. The fraction of sp³-hybridized carbons (Fsp3) is 0.150. The molecule has 3 aromatic rings. The van der Waals surface area contributed by atoms with Crippen molar-refractivity contribution in [2.45, 2.75) is 13.0 Å². The first-order valence-corrected chi connectivity index (χ1v) is 11.0. The smallest absolute Gasteiger partial charge is 0.338 e. The van der Waals surface area contributed by atoms with Gasteiger partial charge in [0.2, 0.25) is 0 Å². The highest BCUT2D eigenvalue weighted by Crippen LogP contribution is 2.33. The molecule has 0 fully saturated rings. The van der Waals surface area contributed by atoms with Gasteiger partial charge in [0.25, 0.3) is 5.56 Å². The highest BCUT2D eigenvalue weighted by atomic mass is 35.5. The number of aromatic nitrogens is 1. The molecule has 0 unspecified atom stereocenters. The second kappa shape index (κ2) is 7.91. The lowest BCUT2D eigenvalue weighted by atomic mass is 10.0. The molecule has 0 amide bonds. The lowest BCUT2D eigenvalue weighted by molar-refractivity contribution is -0.136. The Morgan fingerprint density at radius 1 is 1.24 bits per heavy atom. The highest BCUT2D eigenvalue weighted by molar-refractivity contribution is 7.10. The summed E-state index contributed by atoms with van der Waals surface area (Å²) in [6, 6.07) is 8.34. The van der Waals surface area contributed by atoms with Crippen LogP contribution in [0.1, 0.15) is 23.4 Å². The molecule has 0 bridgehead atoms. The number of hydrogen-bond acceptors (Lipinski definition) is 6. The van der Waals surface area contributed by atoms with Crippen LogP contribution in [0.5, 0.6) is 0 Å². The number of esters is 1. The topological polar surface area (TPSA) is 60.7 Å². The Kier molecular flexibility index (Phi) is 5.48. The molecular weight excluding hydrogens is 451 g/mol. The van der Waals surface area contributed by atoms with Crippen LogP contribution in [-0.2, 0) is 9.53 Å². The molecule has 148 valence electrons. The van der Waals surface area contributed by atoms with Gasteiger partial charge >= 0.3 is 5.97 Å². The van der Waals surface area contributed by atoms with Gasteiger partial charge < -0.3 is 4.74 Å². The number of methoxy groups -OCH3 is 1. The molecule has 5 nitrogen and oxygen atoms in total. The van der Waals surface area contributed by atoms with Crippen LogP contribution in [0.25, 0.3) is 6.08 Å². The molecule has 0 spiro atoms. The average molecular weight is 465 g/mol. The monoisotopic (exact) mass is 464 g/mol. The summed E-state index contributed by atoms with van der Waals surface area (Å²) >= 11 is 15.2. The Hall–Kier alpha value is -2.19. The Morgan fingerprint density at radius 3 is 2.59 bits per heavy atom. The molecular formula is C20H14Cl2N2O3S2. The number of allylic oxidation sites excluding steroid dienone is 1. The minimum Gasteiger partial charge on any atom is -0.466 e. The van der Waals surface area contributed by atoms with Gasteiger partial charge in [0, 0.05) is 20.5 Å². The van der Waals surface area contributed by atoms with Crippen LogP contribution in [0.4, 0.5) is 0 Å². The average Bonchev–Trinajstić information content (AvgIpc) is 3.32.